The van der Waals surface area contributed by atoms with Gasteiger partial charge in [-0.2, -0.15) is 4.31 Å². The fourth-order valence-electron chi connectivity index (χ4n) is 3.96. The third kappa shape index (κ3) is 4.28. The molecule has 7 nitrogen and oxygen atoms in total. The minimum atomic E-state index is -3.54. The van der Waals surface area contributed by atoms with Crippen LogP contribution in [0.25, 0.3) is 0 Å². The van der Waals surface area contributed by atoms with Crippen molar-refractivity contribution in [2.75, 3.05) is 44.2 Å². The van der Waals surface area contributed by atoms with Gasteiger partial charge >= 0.3 is 0 Å². The van der Waals surface area contributed by atoms with E-state index in [1.165, 1.54) is 10.4 Å². The average Bonchev–Trinajstić information content (AvgIpc) is 2.80. The molecule has 1 aromatic heterocycles. The predicted octanol–water partition coefficient (Wildman–Crippen LogP) is 1.64. The summed E-state index contributed by atoms with van der Waals surface area (Å²) in [5, 5.41) is 0. The molecule has 2 aliphatic rings. The number of nitrogens with zero attached hydrogens (tertiary/aromatic N) is 3. The van der Waals surface area contributed by atoms with Gasteiger partial charge in [-0.25, -0.2) is 13.4 Å². The Morgan fingerprint density at radius 1 is 0.862 bits per heavy atom. The second-order valence-electron chi connectivity index (χ2n) is 7.52. The van der Waals surface area contributed by atoms with Crippen LogP contribution < -0.4 is 9.88 Å². The van der Waals surface area contributed by atoms with Crippen LogP contribution in [0.2, 0.25) is 0 Å². The number of carbonyl (C=O) groups excluding carboxylic acids is 1. The number of benzene rings is 1. The maximum atomic E-state index is 13.0. The maximum absolute atomic E-state index is 13.0. The number of rotatable bonds is 4. The number of H-pyrrole nitrogens is 1. The Balaban J connectivity index is 1.45. The Morgan fingerprint density at radius 2 is 1.62 bits per heavy atom. The van der Waals surface area contributed by atoms with E-state index < -0.39 is 10.0 Å². The van der Waals surface area contributed by atoms with Crippen molar-refractivity contribution in [3.05, 3.63) is 54.2 Å². The van der Waals surface area contributed by atoms with Gasteiger partial charge in [-0.15, -0.1) is 0 Å². The SMILES string of the molecule is O=C(c1cccc(S(=O)(=O)N2CCCCC2)c1)N1CCN(c2cccc[nH+]2)CC1. The molecule has 0 saturated carbocycles. The molecule has 2 saturated heterocycles. The Hall–Kier alpha value is -2.45. The number of anilines is 1. The molecule has 0 radical (unpaired) electrons. The molecule has 1 aromatic carbocycles. The zero-order chi connectivity index (χ0) is 20.3. The first kappa shape index (κ1) is 19.8. The van der Waals surface area contributed by atoms with Crippen LogP contribution in [0.15, 0.2) is 53.6 Å². The van der Waals surface area contributed by atoms with Crippen LogP contribution in [0, 0.1) is 0 Å². The number of aromatic nitrogens is 1. The van der Waals surface area contributed by atoms with Gasteiger partial charge in [-0.1, -0.05) is 18.6 Å². The molecule has 8 heteroatoms. The number of pyridine rings is 1. The third-order valence-corrected chi connectivity index (χ3v) is 7.53. The summed E-state index contributed by atoms with van der Waals surface area (Å²) in [6.07, 6.45) is 4.74. The molecule has 1 N–H and O–H groups in total. The van der Waals surface area contributed by atoms with Crippen LogP contribution >= 0.6 is 0 Å². The van der Waals surface area contributed by atoms with Gasteiger partial charge < -0.3 is 4.90 Å². The third-order valence-electron chi connectivity index (χ3n) is 5.63. The van der Waals surface area contributed by atoms with E-state index in [1.54, 1.807) is 23.1 Å². The van der Waals surface area contributed by atoms with Crippen LogP contribution in [-0.2, 0) is 10.0 Å². The minimum absolute atomic E-state index is 0.114. The minimum Gasteiger partial charge on any atom is -0.331 e. The fraction of sp³-hybridized carbons (Fsp3) is 0.429. The van der Waals surface area contributed by atoms with E-state index in [2.05, 4.69) is 9.88 Å². The first-order valence-electron chi connectivity index (χ1n) is 10.2. The Morgan fingerprint density at radius 3 is 2.31 bits per heavy atom. The second kappa shape index (κ2) is 8.51. The van der Waals surface area contributed by atoms with Gasteiger partial charge in [-0.3, -0.25) is 9.69 Å². The first-order valence-corrected chi connectivity index (χ1v) is 11.6. The smallest absolute Gasteiger partial charge is 0.274 e. The molecule has 3 heterocycles. The number of nitrogens with one attached hydrogen (secondary N) is 1. The summed E-state index contributed by atoms with van der Waals surface area (Å²) in [5.41, 5.74) is 0.433. The summed E-state index contributed by atoms with van der Waals surface area (Å²) in [4.78, 5) is 20.4. The molecule has 4 rings (SSSR count). The second-order valence-corrected chi connectivity index (χ2v) is 9.46. The summed E-state index contributed by atoms with van der Waals surface area (Å²) in [6, 6.07) is 12.4. The molecule has 0 bridgehead atoms. The number of carbonyl (C=O) groups is 1. The van der Waals surface area contributed by atoms with Crippen molar-refractivity contribution in [2.45, 2.75) is 24.2 Å². The van der Waals surface area contributed by atoms with Gasteiger partial charge in [-0.05, 0) is 37.1 Å². The monoisotopic (exact) mass is 415 g/mol. The summed E-state index contributed by atoms with van der Waals surface area (Å²) in [6.45, 7) is 3.78. The van der Waals surface area contributed by atoms with E-state index in [9.17, 15) is 13.2 Å². The zero-order valence-corrected chi connectivity index (χ0v) is 17.3. The lowest BCUT2D eigenvalue weighted by atomic mass is 10.2. The topological polar surface area (TPSA) is 75.1 Å². The highest BCUT2D eigenvalue weighted by atomic mass is 32.2. The number of hydrogen-bond donors (Lipinski definition) is 0. The molecule has 2 aliphatic heterocycles. The lowest BCUT2D eigenvalue weighted by Crippen LogP contribution is -2.50. The Kier molecular flexibility index (Phi) is 5.82. The van der Waals surface area contributed by atoms with Crippen LogP contribution in [0.1, 0.15) is 29.6 Å². The van der Waals surface area contributed by atoms with Crippen LogP contribution in [0.4, 0.5) is 5.82 Å². The molecule has 0 unspecified atom stereocenters. The summed E-state index contributed by atoms with van der Waals surface area (Å²) >= 11 is 0. The Bertz CT molecular complexity index is 951. The van der Waals surface area contributed by atoms with Gasteiger partial charge in [0.05, 0.1) is 24.2 Å². The quantitative estimate of drug-likeness (QED) is 0.761. The average molecular weight is 416 g/mol. The molecular formula is C21H27N4O3S+. The van der Waals surface area contributed by atoms with Gasteiger partial charge in [0.25, 0.3) is 11.7 Å². The molecular weight excluding hydrogens is 388 g/mol. The summed E-state index contributed by atoms with van der Waals surface area (Å²) in [7, 11) is -3.54. The molecule has 29 heavy (non-hydrogen) atoms. The summed E-state index contributed by atoms with van der Waals surface area (Å²) < 4.78 is 27.4. The van der Waals surface area contributed by atoms with Crippen LogP contribution in [0.3, 0.4) is 0 Å². The number of aromatic amines is 1. The zero-order valence-electron chi connectivity index (χ0n) is 16.5. The van der Waals surface area contributed by atoms with E-state index in [1.807, 2.05) is 24.4 Å². The Labute approximate surface area is 172 Å². The molecule has 0 atom stereocenters. The number of amides is 1. The van der Waals surface area contributed by atoms with Crippen molar-refractivity contribution < 1.29 is 18.2 Å². The van der Waals surface area contributed by atoms with Gasteiger partial charge in [0, 0.05) is 24.7 Å². The number of piperazine rings is 1. The maximum Gasteiger partial charge on any atom is 0.274 e. The van der Waals surface area contributed by atoms with E-state index >= 15 is 0 Å². The van der Waals surface area contributed by atoms with Crippen LogP contribution in [-0.4, -0.2) is 62.8 Å². The van der Waals surface area contributed by atoms with Crippen molar-refractivity contribution in [2.24, 2.45) is 0 Å². The molecule has 2 aromatic rings. The largest absolute Gasteiger partial charge is 0.331 e. The normalized spacial score (nSPS) is 18.6. The van der Waals surface area contributed by atoms with Crippen molar-refractivity contribution >= 4 is 21.7 Å². The highest BCUT2D eigenvalue weighted by molar-refractivity contribution is 7.89. The lowest BCUT2D eigenvalue weighted by Gasteiger charge is -2.31. The van der Waals surface area contributed by atoms with Crippen molar-refractivity contribution in [1.82, 2.24) is 9.21 Å². The lowest BCUT2D eigenvalue weighted by molar-refractivity contribution is -0.364. The molecule has 0 spiro atoms. The van der Waals surface area contributed by atoms with Crippen molar-refractivity contribution in [3.8, 4) is 0 Å². The van der Waals surface area contributed by atoms with E-state index in [0.717, 1.165) is 38.2 Å². The predicted molar refractivity (Wildman–Crippen MR) is 110 cm³/mol. The van der Waals surface area contributed by atoms with Crippen LogP contribution in [0.5, 0.6) is 0 Å². The highest BCUT2D eigenvalue weighted by Gasteiger charge is 2.29. The standard InChI is InChI=1S/C21H26N4O3S/c26-21(24-15-13-23(14-16-24)20-9-2-3-10-22-20)18-7-6-8-19(17-18)29(27,28)25-11-4-1-5-12-25/h2-3,6-10,17H,1,4-5,11-16H2/p+1. The molecule has 154 valence electrons. The van der Waals surface area contributed by atoms with E-state index in [-0.39, 0.29) is 10.8 Å². The molecule has 2 fully saturated rings. The van der Waals surface area contributed by atoms with Crippen molar-refractivity contribution in [3.63, 3.8) is 0 Å². The van der Waals surface area contributed by atoms with Gasteiger partial charge in [0.15, 0.2) is 0 Å². The van der Waals surface area contributed by atoms with Gasteiger partial charge in [0.1, 0.15) is 13.1 Å². The van der Waals surface area contributed by atoms with E-state index in [0.29, 0.717) is 31.7 Å². The van der Waals surface area contributed by atoms with Gasteiger partial charge in [0.2, 0.25) is 10.0 Å². The number of hydrogen-bond acceptors (Lipinski definition) is 4. The first-order chi connectivity index (χ1) is 14.1. The number of piperidine rings is 1. The van der Waals surface area contributed by atoms with Crippen molar-refractivity contribution in [1.29, 1.82) is 0 Å². The molecule has 0 aliphatic carbocycles. The van der Waals surface area contributed by atoms with E-state index in [4.69, 9.17) is 0 Å². The fourth-order valence-corrected chi connectivity index (χ4v) is 5.52. The number of sulfonamides is 1. The summed E-state index contributed by atoms with van der Waals surface area (Å²) in [5.74, 6) is 0.923. The highest BCUT2D eigenvalue weighted by Crippen LogP contribution is 2.22. The molecule has 1 amide bonds.